The summed E-state index contributed by atoms with van der Waals surface area (Å²) < 4.78 is 5.80. The Hall–Kier alpha value is -1.70. The standard InChI is InChI=1S/C24H33N5OS/c1-3-26-10-7-17(2)28(14-12-26)23(30)22-19-5-4-18(16-20(19)31-25-22)29-15-13-27-11-9-24(27)8-6-21(24)29/h4-5,16-17,21H,3,6-15H2,1-2H3. The van der Waals surface area contributed by atoms with Gasteiger partial charge in [-0.25, -0.2) is 0 Å². The Morgan fingerprint density at radius 2 is 2.03 bits per heavy atom. The second kappa shape index (κ2) is 7.42. The third-order valence-electron chi connectivity index (χ3n) is 8.65. The maximum Gasteiger partial charge on any atom is 0.274 e. The molecule has 0 bridgehead atoms. The fraction of sp³-hybridized carbons (Fsp3) is 0.667. The minimum atomic E-state index is 0.102. The first-order chi connectivity index (χ1) is 15.1. The number of benzene rings is 1. The molecule has 3 saturated heterocycles. The number of aromatic nitrogens is 1. The Morgan fingerprint density at radius 3 is 2.77 bits per heavy atom. The zero-order valence-corrected chi connectivity index (χ0v) is 19.5. The average molecular weight is 440 g/mol. The predicted molar refractivity (Wildman–Crippen MR) is 126 cm³/mol. The lowest BCUT2D eigenvalue weighted by Gasteiger charge is -2.69. The van der Waals surface area contributed by atoms with Crippen LogP contribution in [0.15, 0.2) is 18.2 Å². The fourth-order valence-corrected chi connectivity index (χ4v) is 7.22. The third kappa shape index (κ3) is 2.96. The molecule has 1 amide bonds. The maximum absolute atomic E-state index is 13.4. The minimum absolute atomic E-state index is 0.102. The van der Waals surface area contributed by atoms with Gasteiger partial charge in [-0.1, -0.05) is 6.92 Å². The van der Waals surface area contributed by atoms with Gasteiger partial charge in [0.15, 0.2) is 0 Å². The van der Waals surface area contributed by atoms with Gasteiger partial charge >= 0.3 is 0 Å². The number of piperazine rings is 1. The van der Waals surface area contributed by atoms with Gasteiger partial charge in [-0.3, -0.25) is 9.69 Å². The van der Waals surface area contributed by atoms with Crippen LogP contribution in [-0.2, 0) is 0 Å². The Labute approximate surface area is 188 Å². The molecule has 3 atom stereocenters. The predicted octanol–water partition coefficient (Wildman–Crippen LogP) is 3.28. The van der Waals surface area contributed by atoms with Crippen molar-refractivity contribution in [2.24, 2.45) is 0 Å². The molecular weight excluding hydrogens is 406 g/mol. The number of hydrogen-bond acceptors (Lipinski definition) is 6. The first kappa shape index (κ1) is 19.9. The Morgan fingerprint density at radius 1 is 1.13 bits per heavy atom. The zero-order chi connectivity index (χ0) is 21.2. The topological polar surface area (TPSA) is 42.9 Å². The molecule has 4 fully saturated rings. The lowest BCUT2D eigenvalue weighted by molar-refractivity contribution is -0.108. The third-order valence-corrected chi connectivity index (χ3v) is 9.46. The van der Waals surface area contributed by atoms with E-state index in [1.807, 2.05) is 4.90 Å². The van der Waals surface area contributed by atoms with E-state index in [2.05, 4.69) is 51.1 Å². The molecule has 4 aliphatic rings. The van der Waals surface area contributed by atoms with Crippen LogP contribution in [0.5, 0.6) is 0 Å². The summed E-state index contributed by atoms with van der Waals surface area (Å²) in [6.45, 7) is 11.8. The van der Waals surface area contributed by atoms with Crippen LogP contribution in [0.2, 0.25) is 0 Å². The van der Waals surface area contributed by atoms with E-state index in [-0.39, 0.29) is 11.9 Å². The van der Waals surface area contributed by atoms with Gasteiger partial charge in [-0.2, -0.15) is 4.37 Å². The van der Waals surface area contributed by atoms with Crippen LogP contribution in [0.25, 0.3) is 10.1 Å². The highest BCUT2D eigenvalue weighted by Crippen LogP contribution is 2.52. The number of amides is 1. The van der Waals surface area contributed by atoms with Crippen molar-refractivity contribution in [2.75, 3.05) is 50.7 Å². The maximum atomic E-state index is 13.4. The molecule has 4 heterocycles. The average Bonchev–Trinajstić information content (AvgIpc) is 3.06. The normalized spacial score (nSPS) is 31.5. The van der Waals surface area contributed by atoms with E-state index in [0.717, 1.165) is 49.2 Å². The quantitative estimate of drug-likeness (QED) is 0.734. The fourth-order valence-electron chi connectivity index (χ4n) is 6.42. The number of carbonyl (C=O) groups is 1. The largest absolute Gasteiger partial charge is 0.365 e. The highest BCUT2D eigenvalue weighted by atomic mass is 32.1. The Bertz CT molecular complexity index is 1000. The van der Waals surface area contributed by atoms with E-state index < -0.39 is 0 Å². The van der Waals surface area contributed by atoms with Crippen molar-refractivity contribution in [3.8, 4) is 0 Å². The molecule has 6 nitrogen and oxygen atoms in total. The molecule has 1 aromatic heterocycles. The number of hydrogen-bond donors (Lipinski definition) is 0. The molecule has 6 rings (SSSR count). The van der Waals surface area contributed by atoms with Gasteiger partial charge in [0.1, 0.15) is 5.69 Å². The Kier molecular flexibility index (Phi) is 4.78. The lowest BCUT2D eigenvalue weighted by atomic mass is 9.61. The number of anilines is 1. The molecule has 3 aliphatic heterocycles. The second-order valence-corrected chi connectivity index (χ2v) is 10.7. The van der Waals surface area contributed by atoms with Gasteiger partial charge in [0.05, 0.1) is 4.70 Å². The van der Waals surface area contributed by atoms with Gasteiger partial charge in [0.25, 0.3) is 5.91 Å². The van der Waals surface area contributed by atoms with Crippen molar-refractivity contribution in [1.82, 2.24) is 19.1 Å². The van der Waals surface area contributed by atoms with Gasteiger partial charge in [-0.15, -0.1) is 0 Å². The number of rotatable bonds is 3. The zero-order valence-electron chi connectivity index (χ0n) is 18.7. The highest BCUT2D eigenvalue weighted by Gasteiger charge is 2.60. The molecule has 1 aromatic carbocycles. The summed E-state index contributed by atoms with van der Waals surface area (Å²) >= 11 is 1.48. The van der Waals surface area contributed by atoms with E-state index in [0.29, 0.717) is 17.3 Å². The van der Waals surface area contributed by atoms with Crippen molar-refractivity contribution in [1.29, 1.82) is 0 Å². The molecule has 2 aromatic rings. The van der Waals surface area contributed by atoms with Crippen molar-refractivity contribution >= 4 is 33.2 Å². The van der Waals surface area contributed by atoms with Crippen LogP contribution in [0, 0.1) is 0 Å². The van der Waals surface area contributed by atoms with Crippen molar-refractivity contribution in [2.45, 2.75) is 57.2 Å². The molecular formula is C24H33N5OS. The molecule has 1 saturated carbocycles. The van der Waals surface area contributed by atoms with E-state index in [9.17, 15) is 4.79 Å². The highest BCUT2D eigenvalue weighted by molar-refractivity contribution is 7.13. The van der Waals surface area contributed by atoms with Crippen LogP contribution >= 0.6 is 11.5 Å². The van der Waals surface area contributed by atoms with Gasteiger partial charge in [-0.05, 0) is 68.9 Å². The van der Waals surface area contributed by atoms with Gasteiger partial charge in [0.2, 0.25) is 0 Å². The summed E-state index contributed by atoms with van der Waals surface area (Å²) in [7, 11) is 0. The molecule has 7 heteroatoms. The molecule has 31 heavy (non-hydrogen) atoms. The summed E-state index contributed by atoms with van der Waals surface area (Å²) in [4.78, 5) is 23.3. The van der Waals surface area contributed by atoms with E-state index in [1.165, 1.54) is 49.6 Å². The number of carbonyl (C=O) groups excluding carboxylic acids is 1. The van der Waals surface area contributed by atoms with E-state index in [4.69, 9.17) is 0 Å². The van der Waals surface area contributed by atoms with Crippen molar-refractivity contribution in [3.05, 3.63) is 23.9 Å². The van der Waals surface area contributed by atoms with Crippen molar-refractivity contribution in [3.63, 3.8) is 0 Å². The second-order valence-electron chi connectivity index (χ2n) is 9.87. The molecule has 0 N–H and O–H groups in total. The van der Waals surface area contributed by atoms with Crippen molar-refractivity contribution < 1.29 is 4.79 Å². The molecule has 1 aliphatic carbocycles. The first-order valence-electron chi connectivity index (χ1n) is 12.1. The summed E-state index contributed by atoms with van der Waals surface area (Å²) in [5.74, 6) is 0.102. The van der Waals surface area contributed by atoms with E-state index in [1.54, 1.807) is 0 Å². The smallest absolute Gasteiger partial charge is 0.274 e. The van der Waals surface area contributed by atoms with E-state index >= 15 is 0 Å². The summed E-state index contributed by atoms with van der Waals surface area (Å²) in [5.41, 5.74) is 2.43. The monoisotopic (exact) mass is 439 g/mol. The molecule has 166 valence electrons. The van der Waals surface area contributed by atoms with Crippen LogP contribution < -0.4 is 4.90 Å². The van der Waals surface area contributed by atoms with Crippen LogP contribution in [-0.4, -0.2) is 88.4 Å². The number of likely N-dealkylation sites (N-methyl/N-ethyl adjacent to an activating group) is 1. The summed E-state index contributed by atoms with van der Waals surface area (Å²) in [5, 5.41) is 1.02. The van der Waals surface area contributed by atoms with Gasteiger partial charge in [0, 0.05) is 68.0 Å². The number of nitrogens with zero attached hydrogens (tertiary/aromatic N) is 5. The molecule has 1 spiro atoms. The summed E-state index contributed by atoms with van der Waals surface area (Å²) in [6, 6.07) is 7.60. The SMILES string of the molecule is CCN1CCC(C)N(C(=O)c2nsc3cc(N4CCN5CCC56CCC46)ccc23)CC1. The van der Waals surface area contributed by atoms with Crippen LogP contribution in [0.3, 0.4) is 0 Å². The summed E-state index contributed by atoms with van der Waals surface area (Å²) in [6.07, 6.45) is 5.06. The lowest BCUT2D eigenvalue weighted by Crippen LogP contribution is -2.79. The minimum Gasteiger partial charge on any atom is -0.365 e. The molecule has 3 unspecified atom stereocenters. The first-order valence-corrected chi connectivity index (χ1v) is 12.8. The van der Waals surface area contributed by atoms with Crippen LogP contribution in [0.1, 0.15) is 50.0 Å². The Balaban J connectivity index is 1.25. The van der Waals surface area contributed by atoms with Gasteiger partial charge < -0.3 is 14.7 Å². The molecule has 0 radical (unpaired) electrons. The number of fused-ring (bicyclic) bond motifs is 1. The van der Waals surface area contributed by atoms with Crippen LogP contribution in [0.4, 0.5) is 5.69 Å².